The molecule has 6 heteroatoms. The molecule has 1 aromatic carbocycles. The van der Waals surface area contributed by atoms with Gasteiger partial charge >= 0.3 is 0 Å². The van der Waals surface area contributed by atoms with Gasteiger partial charge < -0.3 is 20.1 Å². The van der Waals surface area contributed by atoms with Gasteiger partial charge in [0.15, 0.2) is 5.96 Å². The van der Waals surface area contributed by atoms with Gasteiger partial charge in [0, 0.05) is 50.8 Å². The highest BCUT2D eigenvalue weighted by atomic mass is 32.2. The third-order valence-corrected chi connectivity index (χ3v) is 5.32. The van der Waals surface area contributed by atoms with E-state index in [0.29, 0.717) is 5.92 Å². The van der Waals surface area contributed by atoms with E-state index in [1.165, 1.54) is 11.1 Å². The largest absolute Gasteiger partial charge is 0.381 e. The maximum absolute atomic E-state index is 5.71. The lowest BCUT2D eigenvalue weighted by Gasteiger charge is -2.12. The minimum absolute atomic E-state index is 0.592. The van der Waals surface area contributed by atoms with Crippen LogP contribution in [0, 0.1) is 12.8 Å². The lowest BCUT2D eigenvalue weighted by atomic mass is 10.1. The molecule has 0 aliphatic carbocycles. The molecule has 0 amide bonds. The van der Waals surface area contributed by atoms with Crippen LogP contribution in [0.2, 0.25) is 0 Å². The van der Waals surface area contributed by atoms with E-state index in [1.54, 1.807) is 0 Å². The van der Waals surface area contributed by atoms with Crippen molar-refractivity contribution in [3.8, 4) is 0 Å². The highest BCUT2D eigenvalue weighted by Gasteiger charge is 2.15. The average Bonchev–Trinajstić information content (AvgIpc) is 3.17. The number of rotatable bonds is 11. The molecule has 5 nitrogen and oxygen atoms in total. The molecule has 0 bridgehead atoms. The van der Waals surface area contributed by atoms with Crippen LogP contribution >= 0.6 is 11.8 Å². The Bertz CT molecular complexity index is 516. The van der Waals surface area contributed by atoms with Crippen LogP contribution in [-0.2, 0) is 15.2 Å². The van der Waals surface area contributed by atoms with Crippen molar-refractivity contribution in [1.29, 1.82) is 0 Å². The van der Waals surface area contributed by atoms with Gasteiger partial charge in [-0.3, -0.25) is 4.99 Å². The first-order valence-corrected chi connectivity index (χ1v) is 10.7. The zero-order valence-corrected chi connectivity index (χ0v) is 16.9. The van der Waals surface area contributed by atoms with Gasteiger partial charge in [-0.15, -0.1) is 0 Å². The van der Waals surface area contributed by atoms with Crippen LogP contribution in [-0.4, -0.2) is 58.3 Å². The quantitative estimate of drug-likeness (QED) is 0.352. The number of nitrogens with one attached hydrogen (secondary N) is 2. The summed E-state index contributed by atoms with van der Waals surface area (Å²) >= 11 is 1.94. The number of benzene rings is 1. The number of guanidine groups is 1. The molecule has 2 rings (SSSR count). The number of thioether (sulfide) groups is 1. The van der Waals surface area contributed by atoms with Crippen LogP contribution in [0.5, 0.6) is 0 Å². The molecular formula is C20H33N3O2S. The number of nitrogens with zero attached hydrogens (tertiary/aromatic N) is 1. The Hall–Kier alpha value is -1.24. The summed E-state index contributed by atoms with van der Waals surface area (Å²) in [6.07, 6.45) is 2.12. The molecule has 0 radical (unpaired) electrons. The van der Waals surface area contributed by atoms with Gasteiger partial charge in [-0.2, -0.15) is 11.8 Å². The summed E-state index contributed by atoms with van der Waals surface area (Å²) in [6, 6.07) is 8.76. The molecular weight excluding hydrogens is 346 g/mol. The highest BCUT2D eigenvalue weighted by molar-refractivity contribution is 7.98. The normalized spacial score (nSPS) is 17.5. The van der Waals surface area contributed by atoms with Gasteiger partial charge in [0.05, 0.1) is 13.2 Å². The molecule has 146 valence electrons. The third kappa shape index (κ3) is 8.92. The number of hydrogen-bond donors (Lipinski definition) is 2. The summed E-state index contributed by atoms with van der Waals surface area (Å²) < 4.78 is 11.1. The molecule has 2 N–H and O–H groups in total. The van der Waals surface area contributed by atoms with Crippen molar-refractivity contribution in [3.63, 3.8) is 0 Å². The van der Waals surface area contributed by atoms with E-state index in [2.05, 4.69) is 46.8 Å². The summed E-state index contributed by atoms with van der Waals surface area (Å²) in [5.41, 5.74) is 2.69. The fraction of sp³-hybridized carbons (Fsp3) is 0.650. The van der Waals surface area contributed by atoms with Crippen LogP contribution in [0.4, 0.5) is 0 Å². The molecule has 0 spiro atoms. The van der Waals surface area contributed by atoms with Gasteiger partial charge in [0.1, 0.15) is 0 Å². The molecule has 1 aliphatic rings. The second kappa shape index (κ2) is 13.0. The van der Waals surface area contributed by atoms with Crippen LogP contribution < -0.4 is 10.6 Å². The third-order valence-electron chi connectivity index (χ3n) is 4.29. The van der Waals surface area contributed by atoms with Gasteiger partial charge in [-0.05, 0) is 25.3 Å². The van der Waals surface area contributed by atoms with E-state index < -0.39 is 0 Å². The first-order chi connectivity index (χ1) is 12.8. The van der Waals surface area contributed by atoms with E-state index in [0.717, 1.165) is 69.8 Å². The monoisotopic (exact) mass is 379 g/mol. The Morgan fingerprint density at radius 3 is 2.81 bits per heavy atom. The van der Waals surface area contributed by atoms with E-state index in [4.69, 9.17) is 9.47 Å². The van der Waals surface area contributed by atoms with Crippen molar-refractivity contribution in [2.24, 2.45) is 10.9 Å². The predicted molar refractivity (Wildman–Crippen MR) is 111 cm³/mol. The molecule has 1 heterocycles. The number of aliphatic imine (C=N–C) groups is 1. The Labute approximate surface area is 162 Å². The molecule has 1 aliphatic heterocycles. The lowest BCUT2D eigenvalue weighted by Crippen LogP contribution is -2.39. The first kappa shape index (κ1) is 21.1. The van der Waals surface area contributed by atoms with E-state index in [9.17, 15) is 0 Å². The second-order valence-electron chi connectivity index (χ2n) is 6.62. The number of ether oxygens (including phenoxy) is 2. The van der Waals surface area contributed by atoms with Crippen LogP contribution in [0.3, 0.4) is 0 Å². The van der Waals surface area contributed by atoms with Crippen LogP contribution in [0.15, 0.2) is 29.3 Å². The van der Waals surface area contributed by atoms with Crippen molar-refractivity contribution in [2.45, 2.75) is 25.5 Å². The van der Waals surface area contributed by atoms with E-state index in [-0.39, 0.29) is 0 Å². The molecule has 0 aromatic heterocycles. The summed E-state index contributed by atoms with van der Waals surface area (Å²) in [5, 5.41) is 6.70. The molecule has 1 atom stereocenters. The van der Waals surface area contributed by atoms with Gasteiger partial charge in [-0.1, -0.05) is 29.8 Å². The zero-order chi connectivity index (χ0) is 18.5. The van der Waals surface area contributed by atoms with Crippen molar-refractivity contribution in [1.82, 2.24) is 10.6 Å². The Balaban J connectivity index is 1.43. The molecule has 1 aromatic rings. The summed E-state index contributed by atoms with van der Waals surface area (Å²) in [4.78, 5) is 4.26. The van der Waals surface area contributed by atoms with Crippen molar-refractivity contribution in [3.05, 3.63) is 35.4 Å². The smallest absolute Gasteiger partial charge is 0.191 e. The van der Waals surface area contributed by atoms with Crippen LogP contribution in [0.1, 0.15) is 24.0 Å². The summed E-state index contributed by atoms with van der Waals surface area (Å²) in [5.74, 6) is 3.57. The fourth-order valence-electron chi connectivity index (χ4n) is 2.68. The minimum atomic E-state index is 0.592. The zero-order valence-electron chi connectivity index (χ0n) is 16.1. The van der Waals surface area contributed by atoms with Gasteiger partial charge in [0.2, 0.25) is 0 Å². The number of hydrogen-bond acceptors (Lipinski definition) is 4. The predicted octanol–water partition coefficient (Wildman–Crippen LogP) is 2.84. The van der Waals surface area contributed by atoms with Crippen LogP contribution in [0.25, 0.3) is 0 Å². The average molecular weight is 380 g/mol. The van der Waals surface area contributed by atoms with E-state index >= 15 is 0 Å². The second-order valence-corrected chi connectivity index (χ2v) is 7.73. The minimum Gasteiger partial charge on any atom is -0.381 e. The molecule has 26 heavy (non-hydrogen) atoms. The van der Waals surface area contributed by atoms with E-state index in [1.807, 2.05) is 18.8 Å². The number of aryl methyl sites for hydroxylation is 1. The Kier molecular flexibility index (Phi) is 10.5. The lowest BCUT2D eigenvalue weighted by molar-refractivity contribution is 0.0888. The fourth-order valence-corrected chi connectivity index (χ4v) is 3.50. The maximum Gasteiger partial charge on any atom is 0.191 e. The van der Waals surface area contributed by atoms with Crippen molar-refractivity contribution < 1.29 is 9.47 Å². The maximum atomic E-state index is 5.71. The summed E-state index contributed by atoms with van der Waals surface area (Å²) in [6.45, 7) is 7.26. The first-order valence-electron chi connectivity index (χ1n) is 9.51. The summed E-state index contributed by atoms with van der Waals surface area (Å²) in [7, 11) is 1.81. The highest BCUT2D eigenvalue weighted by Crippen LogP contribution is 2.13. The Morgan fingerprint density at radius 2 is 2.08 bits per heavy atom. The Morgan fingerprint density at radius 1 is 1.27 bits per heavy atom. The van der Waals surface area contributed by atoms with Gasteiger partial charge in [-0.25, -0.2) is 0 Å². The topological polar surface area (TPSA) is 54.9 Å². The molecule has 1 saturated heterocycles. The molecule has 1 fully saturated rings. The molecule has 1 unspecified atom stereocenters. The van der Waals surface area contributed by atoms with Crippen molar-refractivity contribution >= 4 is 17.7 Å². The molecule has 0 saturated carbocycles. The van der Waals surface area contributed by atoms with Gasteiger partial charge in [0.25, 0.3) is 0 Å². The van der Waals surface area contributed by atoms with Crippen molar-refractivity contribution in [2.75, 3.05) is 52.3 Å². The standard InChI is InChI=1S/C20H33N3O2S/c1-17-4-6-18(7-5-17)16-26-13-10-23-20(21-2)22-9-3-11-24-14-19-8-12-25-15-19/h4-7,19H,3,8-16H2,1-2H3,(H2,21,22,23). The SMILES string of the molecule is CN=C(NCCCOCC1CCOC1)NCCSCc1ccc(C)cc1.